The summed E-state index contributed by atoms with van der Waals surface area (Å²) in [4.78, 5) is 11.6. The van der Waals surface area contributed by atoms with E-state index in [0.29, 0.717) is 13.0 Å². The summed E-state index contributed by atoms with van der Waals surface area (Å²) >= 11 is 6.03. The molecule has 1 aromatic carbocycles. The normalized spacial score (nSPS) is 10.3. The molecular formula is C13H14ClN3O. The van der Waals surface area contributed by atoms with Crippen molar-refractivity contribution in [1.82, 2.24) is 15.5 Å². The largest absolute Gasteiger partial charge is 0.355 e. The molecular weight excluding hydrogens is 250 g/mol. The van der Waals surface area contributed by atoms with E-state index in [0.717, 1.165) is 22.7 Å². The molecule has 0 aliphatic heterocycles. The summed E-state index contributed by atoms with van der Waals surface area (Å²) < 4.78 is 0. The maximum Gasteiger partial charge on any atom is 0.226 e. The highest BCUT2D eigenvalue weighted by atomic mass is 35.5. The third kappa shape index (κ3) is 3.60. The number of amides is 1. The Labute approximate surface area is 110 Å². The molecule has 1 amide bonds. The zero-order valence-electron chi connectivity index (χ0n) is 9.82. The molecule has 5 heteroatoms. The number of rotatable bonds is 5. The van der Waals surface area contributed by atoms with Crippen molar-refractivity contribution < 1.29 is 4.79 Å². The number of aromatic nitrogens is 2. The Morgan fingerprint density at radius 2 is 2.17 bits per heavy atom. The fraction of sp³-hybridized carbons (Fsp3) is 0.231. The molecule has 18 heavy (non-hydrogen) atoms. The maximum absolute atomic E-state index is 11.6. The summed E-state index contributed by atoms with van der Waals surface area (Å²) in [5.41, 5.74) is 1.85. The Hall–Kier alpha value is -1.81. The molecule has 0 aliphatic carbocycles. The number of nitrogens with one attached hydrogen (secondary N) is 2. The second kappa shape index (κ2) is 6.21. The molecule has 0 radical (unpaired) electrons. The van der Waals surface area contributed by atoms with Gasteiger partial charge in [-0.2, -0.15) is 5.10 Å². The fourth-order valence-corrected chi connectivity index (χ4v) is 1.89. The molecule has 0 bridgehead atoms. The first-order valence-corrected chi connectivity index (χ1v) is 6.12. The van der Waals surface area contributed by atoms with Gasteiger partial charge in [-0.05, 0) is 24.1 Å². The molecule has 0 spiro atoms. The Bertz CT molecular complexity index is 511. The minimum atomic E-state index is -0.0219. The molecule has 2 N–H and O–H groups in total. The van der Waals surface area contributed by atoms with Crippen LogP contribution in [0.5, 0.6) is 0 Å². The van der Waals surface area contributed by atoms with Crippen LogP contribution in [-0.4, -0.2) is 22.6 Å². The molecule has 1 aromatic heterocycles. The Kier molecular flexibility index (Phi) is 4.36. The monoisotopic (exact) mass is 263 g/mol. The van der Waals surface area contributed by atoms with Gasteiger partial charge in [0.25, 0.3) is 0 Å². The summed E-state index contributed by atoms with van der Waals surface area (Å²) in [6.45, 7) is 0.580. The van der Waals surface area contributed by atoms with Gasteiger partial charge in [0.1, 0.15) is 0 Å². The van der Waals surface area contributed by atoms with Crippen LogP contribution in [0.2, 0.25) is 5.02 Å². The van der Waals surface area contributed by atoms with Gasteiger partial charge >= 0.3 is 0 Å². The zero-order chi connectivity index (χ0) is 12.8. The van der Waals surface area contributed by atoms with Crippen molar-refractivity contribution in [3.63, 3.8) is 0 Å². The smallest absolute Gasteiger partial charge is 0.226 e. The third-order valence-corrected chi connectivity index (χ3v) is 2.95. The van der Waals surface area contributed by atoms with Crippen molar-refractivity contribution in [2.45, 2.75) is 12.8 Å². The molecule has 1 heterocycles. The molecule has 0 saturated carbocycles. The zero-order valence-corrected chi connectivity index (χ0v) is 10.6. The number of halogens is 1. The molecule has 0 aliphatic rings. The van der Waals surface area contributed by atoms with Crippen molar-refractivity contribution in [3.05, 3.63) is 52.8 Å². The second-order valence-corrected chi connectivity index (χ2v) is 4.36. The van der Waals surface area contributed by atoms with E-state index in [9.17, 15) is 4.79 Å². The van der Waals surface area contributed by atoms with Crippen LogP contribution in [-0.2, 0) is 17.6 Å². The third-order valence-electron chi connectivity index (χ3n) is 2.58. The number of nitrogens with zero attached hydrogens (tertiary/aromatic N) is 1. The fourth-order valence-electron chi connectivity index (χ4n) is 1.66. The minimum Gasteiger partial charge on any atom is -0.355 e. The Morgan fingerprint density at radius 1 is 1.33 bits per heavy atom. The Morgan fingerprint density at radius 3 is 2.89 bits per heavy atom. The van der Waals surface area contributed by atoms with Gasteiger partial charge in [-0.15, -0.1) is 0 Å². The van der Waals surface area contributed by atoms with Crippen LogP contribution in [0.4, 0.5) is 0 Å². The van der Waals surface area contributed by atoms with Crippen LogP contribution in [0.25, 0.3) is 0 Å². The average Bonchev–Trinajstić information content (AvgIpc) is 2.84. The maximum atomic E-state index is 11.6. The predicted octanol–water partition coefficient (Wildman–Crippen LogP) is 1.96. The first-order valence-electron chi connectivity index (χ1n) is 5.74. The van der Waals surface area contributed by atoms with Gasteiger partial charge < -0.3 is 5.32 Å². The number of hydrogen-bond acceptors (Lipinski definition) is 2. The van der Waals surface area contributed by atoms with Gasteiger partial charge in [-0.25, -0.2) is 0 Å². The SMILES string of the molecule is O=C(Cc1ccn[nH]1)NCCc1ccccc1Cl. The van der Waals surface area contributed by atoms with Crippen molar-refractivity contribution >= 4 is 17.5 Å². The molecule has 0 fully saturated rings. The van der Waals surface area contributed by atoms with E-state index in [-0.39, 0.29) is 5.91 Å². The van der Waals surface area contributed by atoms with Gasteiger partial charge in [0, 0.05) is 23.5 Å². The van der Waals surface area contributed by atoms with Crippen LogP contribution in [0.1, 0.15) is 11.3 Å². The number of carbonyl (C=O) groups is 1. The highest BCUT2D eigenvalue weighted by molar-refractivity contribution is 6.31. The number of hydrogen-bond donors (Lipinski definition) is 2. The highest BCUT2D eigenvalue weighted by Gasteiger charge is 2.04. The first kappa shape index (κ1) is 12.6. The van der Waals surface area contributed by atoms with Crippen LogP contribution in [0.15, 0.2) is 36.5 Å². The standard InChI is InChI=1S/C13H14ClN3O/c14-12-4-2-1-3-10(12)5-7-15-13(18)9-11-6-8-16-17-11/h1-4,6,8H,5,7,9H2,(H,15,18)(H,16,17). The van der Waals surface area contributed by atoms with E-state index in [2.05, 4.69) is 15.5 Å². The molecule has 2 aromatic rings. The number of benzene rings is 1. The summed E-state index contributed by atoms with van der Waals surface area (Å²) in [5, 5.41) is 10.1. The number of aromatic amines is 1. The lowest BCUT2D eigenvalue weighted by molar-refractivity contribution is -0.120. The summed E-state index contributed by atoms with van der Waals surface area (Å²) in [6.07, 6.45) is 2.68. The van der Waals surface area contributed by atoms with Gasteiger partial charge in [0.2, 0.25) is 5.91 Å². The molecule has 94 valence electrons. The lowest BCUT2D eigenvalue weighted by Crippen LogP contribution is -2.27. The van der Waals surface area contributed by atoms with Gasteiger partial charge in [0.05, 0.1) is 6.42 Å². The van der Waals surface area contributed by atoms with E-state index < -0.39 is 0 Å². The van der Waals surface area contributed by atoms with Gasteiger partial charge in [-0.3, -0.25) is 9.89 Å². The van der Waals surface area contributed by atoms with E-state index in [1.165, 1.54) is 0 Å². The Balaban J connectivity index is 1.75. The molecule has 0 unspecified atom stereocenters. The van der Waals surface area contributed by atoms with Gasteiger partial charge in [0.15, 0.2) is 0 Å². The van der Waals surface area contributed by atoms with Crippen LogP contribution in [0, 0.1) is 0 Å². The highest BCUT2D eigenvalue weighted by Crippen LogP contribution is 2.14. The van der Waals surface area contributed by atoms with Crippen LogP contribution in [0.3, 0.4) is 0 Å². The van der Waals surface area contributed by atoms with Crippen LogP contribution < -0.4 is 5.32 Å². The molecule has 2 rings (SSSR count). The van der Waals surface area contributed by atoms with Crippen molar-refractivity contribution in [1.29, 1.82) is 0 Å². The summed E-state index contributed by atoms with van der Waals surface area (Å²) in [7, 11) is 0. The lowest BCUT2D eigenvalue weighted by Gasteiger charge is -2.06. The van der Waals surface area contributed by atoms with E-state index in [4.69, 9.17) is 11.6 Å². The van der Waals surface area contributed by atoms with Crippen molar-refractivity contribution in [3.8, 4) is 0 Å². The number of H-pyrrole nitrogens is 1. The van der Waals surface area contributed by atoms with Crippen molar-refractivity contribution in [2.24, 2.45) is 0 Å². The first-order chi connectivity index (χ1) is 8.75. The van der Waals surface area contributed by atoms with E-state index >= 15 is 0 Å². The van der Waals surface area contributed by atoms with Crippen LogP contribution >= 0.6 is 11.6 Å². The molecule has 0 atom stereocenters. The van der Waals surface area contributed by atoms with Crippen molar-refractivity contribution in [2.75, 3.05) is 6.54 Å². The van der Waals surface area contributed by atoms with Gasteiger partial charge in [-0.1, -0.05) is 29.8 Å². The minimum absolute atomic E-state index is 0.0219. The quantitative estimate of drug-likeness (QED) is 0.866. The lowest BCUT2D eigenvalue weighted by atomic mass is 10.1. The second-order valence-electron chi connectivity index (χ2n) is 3.95. The van der Waals surface area contributed by atoms with E-state index in [1.807, 2.05) is 24.3 Å². The predicted molar refractivity (Wildman–Crippen MR) is 70.5 cm³/mol. The number of carbonyl (C=O) groups excluding carboxylic acids is 1. The summed E-state index contributed by atoms with van der Waals surface area (Å²) in [6, 6.07) is 9.43. The molecule has 4 nitrogen and oxygen atoms in total. The van der Waals surface area contributed by atoms with E-state index in [1.54, 1.807) is 12.3 Å². The molecule has 0 saturated heterocycles. The average molecular weight is 264 g/mol. The summed E-state index contributed by atoms with van der Waals surface area (Å²) in [5.74, 6) is -0.0219. The topological polar surface area (TPSA) is 57.8 Å².